The van der Waals surface area contributed by atoms with Crippen LogP contribution in [0.25, 0.3) is 0 Å². The monoisotopic (exact) mass is 265 g/mol. The van der Waals surface area contributed by atoms with E-state index in [1.54, 1.807) is 7.11 Å². The van der Waals surface area contributed by atoms with E-state index in [0.29, 0.717) is 13.2 Å². The number of rotatable bonds is 8. The first-order valence-corrected chi connectivity index (χ1v) is 6.62. The Kier molecular flexibility index (Phi) is 7.15. The van der Waals surface area contributed by atoms with Gasteiger partial charge >= 0.3 is 0 Å². The van der Waals surface area contributed by atoms with Crippen LogP contribution in [-0.2, 0) is 14.3 Å². The number of carbonyl (C=O) groups excluding carboxylic acids is 1. The Morgan fingerprint density at radius 1 is 1.26 bits per heavy atom. The minimum absolute atomic E-state index is 0.113. The van der Waals surface area contributed by atoms with E-state index in [1.165, 1.54) is 0 Å². The second kappa shape index (κ2) is 8.67. The van der Waals surface area contributed by atoms with Crippen molar-refractivity contribution in [3.63, 3.8) is 0 Å². The second-order valence-corrected chi connectivity index (χ2v) is 4.59. The highest BCUT2D eigenvalue weighted by Gasteiger charge is 2.18. The number of benzene rings is 1. The molecule has 0 saturated heterocycles. The first kappa shape index (κ1) is 15.7. The van der Waals surface area contributed by atoms with E-state index >= 15 is 0 Å². The molecule has 4 nitrogen and oxygen atoms in total. The molecular weight excluding hydrogens is 242 g/mol. The minimum atomic E-state index is -0.549. The molecule has 0 unspecified atom stereocenters. The second-order valence-electron chi connectivity index (χ2n) is 4.59. The summed E-state index contributed by atoms with van der Waals surface area (Å²) in [6.45, 7) is 5.24. The van der Waals surface area contributed by atoms with Gasteiger partial charge in [0.05, 0.1) is 6.10 Å². The number of hydrogen-bond donors (Lipinski definition) is 1. The molecule has 19 heavy (non-hydrogen) atoms. The zero-order valence-electron chi connectivity index (χ0n) is 11.9. The van der Waals surface area contributed by atoms with Gasteiger partial charge in [0.2, 0.25) is 0 Å². The Hall–Kier alpha value is -1.39. The molecule has 0 aliphatic heterocycles. The van der Waals surface area contributed by atoms with E-state index < -0.39 is 6.10 Å². The average molecular weight is 265 g/mol. The van der Waals surface area contributed by atoms with Gasteiger partial charge in [-0.3, -0.25) is 4.79 Å². The van der Waals surface area contributed by atoms with Gasteiger partial charge in [0, 0.05) is 20.3 Å². The summed E-state index contributed by atoms with van der Waals surface area (Å²) >= 11 is 0. The lowest BCUT2D eigenvalue weighted by molar-refractivity contribution is -0.131. The van der Waals surface area contributed by atoms with Gasteiger partial charge in [-0.1, -0.05) is 30.3 Å². The van der Waals surface area contributed by atoms with E-state index in [1.807, 2.05) is 44.2 Å². The Bertz CT molecular complexity index is 365. The summed E-state index contributed by atoms with van der Waals surface area (Å²) < 4.78 is 10.7. The first-order chi connectivity index (χ1) is 9.15. The fourth-order valence-electron chi connectivity index (χ4n) is 1.72. The number of amides is 1. The highest BCUT2D eigenvalue weighted by atomic mass is 16.5. The number of nitrogens with one attached hydrogen (secondary N) is 1. The van der Waals surface area contributed by atoms with Gasteiger partial charge in [-0.15, -0.1) is 0 Å². The summed E-state index contributed by atoms with van der Waals surface area (Å²) in [5.74, 6) is -0.113. The third kappa shape index (κ3) is 5.85. The van der Waals surface area contributed by atoms with Crippen LogP contribution in [0.15, 0.2) is 30.3 Å². The summed E-state index contributed by atoms with van der Waals surface area (Å²) in [6.07, 6.45) is 0.480. The highest BCUT2D eigenvalue weighted by molar-refractivity contribution is 5.82. The van der Waals surface area contributed by atoms with Gasteiger partial charge in [0.1, 0.15) is 0 Å². The van der Waals surface area contributed by atoms with Crippen LogP contribution in [0.2, 0.25) is 0 Å². The molecule has 1 atom stereocenters. The fourth-order valence-corrected chi connectivity index (χ4v) is 1.72. The van der Waals surface area contributed by atoms with E-state index in [0.717, 1.165) is 12.0 Å². The molecule has 0 aromatic heterocycles. The molecule has 4 heteroatoms. The van der Waals surface area contributed by atoms with Crippen LogP contribution in [0.4, 0.5) is 0 Å². The highest BCUT2D eigenvalue weighted by Crippen LogP contribution is 2.15. The van der Waals surface area contributed by atoms with Crippen molar-refractivity contribution in [1.29, 1.82) is 0 Å². The largest absolute Gasteiger partial charge is 0.379 e. The third-order valence-corrected chi connectivity index (χ3v) is 2.65. The number of methoxy groups -OCH3 is 1. The molecule has 0 aliphatic rings. The molecule has 1 N–H and O–H groups in total. The van der Waals surface area contributed by atoms with Crippen molar-refractivity contribution in [2.24, 2.45) is 0 Å². The molecule has 0 radical (unpaired) electrons. The predicted molar refractivity (Wildman–Crippen MR) is 74.9 cm³/mol. The number of carbonyl (C=O) groups is 1. The number of hydrogen-bond acceptors (Lipinski definition) is 3. The molecular formula is C15H23NO3. The van der Waals surface area contributed by atoms with Crippen molar-refractivity contribution in [1.82, 2.24) is 5.32 Å². The zero-order valence-corrected chi connectivity index (χ0v) is 11.9. The lowest BCUT2D eigenvalue weighted by Gasteiger charge is -2.15. The average Bonchev–Trinajstić information content (AvgIpc) is 2.40. The summed E-state index contributed by atoms with van der Waals surface area (Å²) in [5.41, 5.74) is 0.862. The maximum atomic E-state index is 12.0. The van der Waals surface area contributed by atoms with Crippen LogP contribution in [0.3, 0.4) is 0 Å². The van der Waals surface area contributed by atoms with Crippen LogP contribution in [0, 0.1) is 0 Å². The first-order valence-electron chi connectivity index (χ1n) is 6.62. The van der Waals surface area contributed by atoms with Crippen molar-refractivity contribution in [2.45, 2.75) is 32.5 Å². The minimum Gasteiger partial charge on any atom is -0.379 e. The van der Waals surface area contributed by atoms with Crippen molar-refractivity contribution in [2.75, 3.05) is 20.3 Å². The Morgan fingerprint density at radius 2 is 1.95 bits per heavy atom. The van der Waals surface area contributed by atoms with Crippen LogP contribution >= 0.6 is 0 Å². The molecule has 106 valence electrons. The molecule has 1 aromatic rings. The topological polar surface area (TPSA) is 47.6 Å². The smallest absolute Gasteiger partial charge is 0.253 e. The Labute approximate surface area is 115 Å². The fraction of sp³-hybridized carbons (Fsp3) is 0.533. The molecule has 0 saturated carbocycles. The van der Waals surface area contributed by atoms with Crippen LogP contribution < -0.4 is 5.32 Å². The molecule has 1 rings (SSSR count). The molecule has 1 aromatic carbocycles. The van der Waals surface area contributed by atoms with Gasteiger partial charge in [-0.2, -0.15) is 0 Å². The van der Waals surface area contributed by atoms with E-state index in [9.17, 15) is 4.79 Å². The zero-order chi connectivity index (χ0) is 14.1. The lowest BCUT2D eigenvalue weighted by atomic mass is 10.1. The van der Waals surface area contributed by atoms with E-state index in [4.69, 9.17) is 9.47 Å². The van der Waals surface area contributed by atoms with Gasteiger partial charge in [0.15, 0.2) is 6.10 Å². The van der Waals surface area contributed by atoms with Crippen LogP contribution in [0.1, 0.15) is 31.9 Å². The van der Waals surface area contributed by atoms with E-state index in [2.05, 4.69) is 5.32 Å². The summed E-state index contributed by atoms with van der Waals surface area (Å²) in [4.78, 5) is 12.0. The van der Waals surface area contributed by atoms with Gasteiger partial charge in [-0.25, -0.2) is 0 Å². The van der Waals surface area contributed by atoms with Gasteiger partial charge in [-0.05, 0) is 25.8 Å². The SMILES string of the molecule is CO[C@@H](C(=O)NCCCOC(C)C)c1ccccc1. The van der Waals surface area contributed by atoms with Gasteiger partial charge in [0.25, 0.3) is 5.91 Å². The Morgan fingerprint density at radius 3 is 2.53 bits per heavy atom. The predicted octanol–water partition coefficient (Wildman–Crippen LogP) is 2.31. The van der Waals surface area contributed by atoms with Crippen molar-refractivity contribution >= 4 is 5.91 Å². The van der Waals surface area contributed by atoms with E-state index in [-0.39, 0.29) is 12.0 Å². The lowest BCUT2D eigenvalue weighted by Crippen LogP contribution is -2.31. The third-order valence-electron chi connectivity index (χ3n) is 2.65. The normalized spacial score (nSPS) is 12.4. The maximum absolute atomic E-state index is 12.0. The van der Waals surface area contributed by atoms with Crippen LogP contribution in [-0.4, -0.2) is 32.3 Å². The quantitative estimate of drug-likeness (QED) is 0.734. The summed E-state index contributed by atoms with van der Waals surface area (Å²) in [6, 6.07) is 9.47. The summed E-state index contributed by atoms with van der Waals surface area (Å²) in [5, 5.41) is 2.86. The molecule has 1 amide bonds. The van der Waals surface area contributed by atoms with Gasteiger partial charge < -0.3 is 14.8 Å². The summed E-state index contributed by atoms with van der Waals surface area (Å²) in [7, 11) is 1.54. The molecule has 0 bridgehead atoms. The Balaban J connectivity index is 2.35. The van der Waals surface area contributed by atoms with Crippen molar-refractivity contribution in [3.8, 4) is 0 Å². The molecule has 0 heterocycles. The number of ether oxygens (including phenoxy) is 2. The van der Waals surface area contributed by atoms with Crippen molar-refractivity contribution in [3.05, 3.63) is 35.9 Å². The van der Waals surface area contributed by atoms with Crippen molar-refractivity contribution < 1.29 is 14.3 Å². The van der Waals surface area contributed by atoms with Crippen LogP contribution in [0.5, 0.6) is 0 Å². The molecule has 0 fully saturated rings. The standard InChI is InChI=1S/C15H23NO3/c1-12(2)19-11-7-10-16-15(17)14(18-3)13-8-5-4-6-9-13/h4-6,8-9,12,14H,7,10-11H2,1-3H3,(H,16,17)/t14-/m1/s1. The molecule has 0 aliphatic carbocycles. The maximum Gasteiger partial charge on any atom is 0.253 e. The molecule has 0 spiro atoms.